The van der Waals surface area contributed by atoms with Gasteiger partial charge < -0.3 is 11.1 Å². The molecule has 0 spiro atoms. The molecule has 3 atom stereocenters. The minimum Gasteiger partial charge on any atom is -0.399 e. The van der Waals surface area contributed by atoms with Gasteiger partial charge in [0.15, 0.2) is 0 Å². The molecule has 0 radical (unpaired) electrons. The molecule has 0 unspecified atom stereocenters. The predicted octanol–water partition coefficient (Wildman–Crippen LogP) is 4.00. The number of benzene rings is 2. The van der Waals surface area contributed by atoms with E-state index in [-0.39, 0.29) is 16.7 Å². The third-order valence-corrected chi connectivity index (χ3v) is 4.85. The number of hydrogen-bond acceptors (Lipinski definition) is 4. The summed E-state index contributed by atoms with van der Waals surface area (Å²) >= 11 is 0. The quantitative estimate of drug-likeness (QED) is 0.380. The summed E-state index contributed by atoms with van der Waals surface area (Å²) in [5.41, 5.74) is 10.3. The van der Waals surface area contributed by atoms with Crippen LogP contribution >= 0.6 is 0 Å². The smallest absolute Gasteiger partial charge is 0.269 e. The largest absolute Gasteiger partial charge is 0.399 e. The molecule has 0 bridgehead atoms. The van der Waals surface area contributed by atoms with Crippen LogP contribution < -0.4 is 11.1 Å². The number of nitrogens with two attached hydrogens (primary N) is 1. The van der Waals surface area contributed by atoms with Crippen LogP contribution in [0.15, 0.2) is 54.6 Å². The first-order valence-corrected chi connectivity index (χ1v) is 7.70. The zero-order valence-corrected chi connectivity index (χ0v) is 12.5. The highest BCUT2D eigenvalue weighted by Crippen LogP contribution is 2.50. The number of fused-ring (bicyclic) bond motifs is 3. The second-order valence-electron chi connectivity index (χ2n) is 6.17. The van der Waals surface area contributed by atoms with Crippen molar-refractivity contribution in [1.29, 1.82) is 0 Å². The molecule has 0 fully saturated rings. The number of anilines is 2. The highest BCUT2D eigenvalue weighted by molar-refractivity contribution is 5.64. The van der Waals surface area contributed by atoms with Crippen molar-refractivity contribution in [3.63, 3.8) is 0 Å². The Labute approximate surface area is 134 Å². The van der Waals surface area contributed by atoms with Gasteiger partial charge >= 0.3 is 0 Å². The van der Waals surface area contributed by atoms with E-state index < -0.39 is 0 Å². The number of rotatable bonds is 2. The first-order chi connectivity index (χ1) is 11.1. The van der Waals surface area contributed by atoms with Gasteiger partial charge in [-0.25, -0.2) is 0 Å². The standard InChI is InChI=1S/C18H17N3O2/c19-12-6-9-17-16(10-12)14-2-1-3-15(14)18(20-17)11-4-7-13(8-5-11)21(22)23/h1-2,4-10,14-15,18,20H,3,19H2/t14-,15-,18+/m0/s1. The minimum atomic E-state index is -0.365. The number of nitrogen functional groups attached to an aromatic ring is 1. The molecule has 5 nitrogen and oxygen atoms in total. The lowest BCUT2D eigenvalue weighted by molar-refractivity contribution is -0.384. The summed E-state index contributed by atoms with van der Waals surface area (Å²) < 4.78 is 0. The fraction of sp³-hybridized carbons (Fsp3) is 0.222. The number of non-ortho nitro benzene ring substituents is 1. The molecule has 3 N–H and O–H groups in total. The third kappa shape index (κ3) is 2.25. The molecule has 1 heterocycles. The van der Waals surface area contributed by atoms with Crippen LogP contribution in [0.4, 0.5) is 17.1 Å². The second kappa shape index (κ2) is 5.12. The molecule has 1 aliphatic carbocycles. The van der Waals surface area contributed by atoms with Crippen LogP contribution in [0.3, 0.4) is 0 Å². The molecule has 0 amide bonds. The number of nitrogens with zero attached hydrogens (tertiary/aromatic N) is 1. The van der Waals surface area contributed by atoms with Crippen molar-refractivity contribution in [3.8, 4) is 0 Å². The Kier molecular flexibility index (Phi) is 3.08. The molecular weight excluding hydrogens is 290 g/mol. The first kappa shape index (κ1) is 13.8. The Hall–Kier alpha value is -2.82. The van der Waals surface area contributed by atoms with Crippen molar-refractivity contribution in [1.82, 2.24) is 0 Å². The van der Waals surface area contributed by atoms with Gasteiger partial charge in [0, 0.05) is 29.4 Å². The first-order valence-electron chi connectivity index (χ1n) is 7.70. The summed E-state index contributed by atoms with van der Waals surface area (Å²) in [5.74, 6) is 0.751. The molecule has 2 aliphatic rings. The van der Waals surface area contributed by atoms with E-state index in [1.54, 1.807) is 12.1 Å². The summed E-state index contributed by atoms with van der Waals surface area (Å²) in [4.78, 5) is 10.5. The molecule has 0 saturated heterocycles. The lowest BCUT2D eigenvalue weighted by Crippen LogP contribution is -2.29. The maximum absolute atomic E-state index is 10.8. The zero-order chi connectivity index (χ0) is 16.0. The predicted molar refractivity (Wildman–Crippen MR) is 90.3 cm³/mol. The zero-order valence-electron chi connectivity index (χ0n) is 12.5. The topological polar surface area (TPSA) is 81.2 Å². The van der Waals surface area contributed by atoms with Crippen LogP contribution in [0.5, 0.6) is 0 Å². The Balaban J connectivity index is 1.73. The van der Waals surface area contributed by atoms with E-state index in [1.807, 2.05) is 30.3 Å². The molecule has 2 aromatic rings. The fourth-order valence-corrected chi connectivity index (χ4v) is 3.75. The average molecular weight is 307 g/mol. The molecule has 0 aromatic heterocycles. The van der Waals surface area contributed by atoms with Gasteiger partial charge in [0.05, 0.1) is 11.0 Å². The monoisotopic (exact) mass is 307 g/mol. The number of hydrogen-bond donors (Lipinski definition) is 2. The second-order valence-corrected chi connectivity index (χ2v) is 6.17. The van der Waals surface area contributed by atoms with Crippen LogP contribution in [-0.2, 0) is 0 Å². The van der Waals surface area contributed by atoms with Crippen molar-refractivity contribution in [2.24, 2.45) is 5.92 Å². The summed E-state index contributed by atoms with van der Waals surface area (Å²) in [6.45, 7) is 0. The molecule has 5 heteroatoms. The molecule has 1 aliphatic heterocycles. The van der Waals surface area contributed by atoms with Crippen LogP contribution in [0.25, 0.3) is 0 Å². The van der Waals surface area contributed by atoms with Crippen LogP contribution in [0.1, 0.15) is 29.5 Å². The SMILES string of the molecule is Nc1ccc2c(c1)[C@H]1C=CC[C@@H]1[C@@H](c1ccc([N+](=O)[O-])cc1)N2. The van der Waals surface area contributed by atoms with Crippen LogP contribution in [-0.4, -0.2) is 4.92 Å². The minimum absolute atomic E-state index is 0.124. The maximum Gasteiger partial charge on any atom is 0.269 e. The Morgan fingerprint density at radius 2 is 1.96 bits per heavy atom. The van der Waals surface area contributed by atoms with Gasteiger partial charge in [-0.05, 0) is 41.7 Å². The van der Waals surface area contributed by atoms with Gasteiger partial charge in [-0.15, -0.1) is 0 Å². The van der Waals surface area contributed by atoms with Crippen molar-refractivity contribution in [3.05, 3.63) is 75.9 Å². The van der Waals surface area contributed by atoms with E-state index in [0.29, 0.717) is 11.8 Å². The molecule has 2 aromatic carbocycles. The summed E-state index contributed by atoms with van der Waals surface area (Å²) in [5, 5.41) is 14.4. The van der Waals surface area contributed by atoms with E-state index >= 15 is 0 Å². The highest BCUT2D eigenvalue weighted by Gasteiger charge is 2.37. The van der Waals surface area contributed by atoms with Crippen LogP contribution in [0, 0.1) is 16.0 Å². The van der Waals surface area contributed by atoms with Gasteiger partial charge in [-0.2, -0.15) is 0 Å². The molecule has 23 heavy (non-hydrogen) atoms. The van der Waals surface area contributed by atoms with Crippen LogP contribution in [0.2, 0.25) is 0 Å². The highest BCUT2D eigenvalue weighted by atomic mass is 16.6. The van der Waals surface area contributed by atoms with Crippen molar-refractivity contribution in [2.45, 2.75) is 18.4 Å². The number of nitro groups is 1. The van der Waals surface area contributed by atoms with Gasteiger partial charge in [0.25, 0.3) is 5.69 Å². The van der Waals surface area contributed by atoms with E-state index in [9.17, 15) is 10.1 Å². The summed E-state index contributed by atoms with van der Waals surface area (Å²) in [6, 6.07) is 13.0. The maximum atomic E-state index is 10.8. The van der Waals surface area contributed by atoms with E-state index in [2.05, 4.69) is 17.5 Å². The van der Waals surface area contributed by atoms with Crippen molar-refractivity contribution >= 4 is 17.1 Å². The third-order valence-electron chi connectivity index (χ3n) is 4.85. The van der Waals surface area contributed by atoms with E-state index in [4.69, 9.17) is 5.73 Å². The lowest BCUT2D eigenvalue weighted by Gasteiger charge is -2.37. The molecule has 116 valence electrons. The van der Waals surface area contributed by atoms with Gasteiger partial charge in [-0.3, -0.25) is 10.1 Å². The molecular formula is C18H17N3O2. The Morgan fingerprint density at radius 3 is 2.70 bits per heavy atom. The molecule has 0 saturated carbocycles. The van der Waals surface area contributed by atoms with Crippen molar-refractivity contribution < 1.29 is 4.92 Å². The van der Waals surface area contributed by atoms with Gasteiger partial charge in [0.2, 0.25) is 0 Å². The van der Waals surface area contributed by atoms with Gasteiger partial charge in [0.1, 0.15) is 0 Å². The number of nitro benzene ring substituents is 1. The lowest BCUT2D eigenvalue weighted by atomic mass is 9.77. The summed E-state index contributed by atoms with van der Waals surface area (Å²) in [6.07, 6.45) is 5.46. The summed E-state index contributed by atoms with van der Waals surface area (Å²) in [7, 11) is 0. The fourth-order valence-electron chi connectivity index (χ4n) is 3.75. The van der Waals surface area contributed by atoms with Crippen molar-refractivity contribution in [2.75, 3.05) is 11.1 Å². The van der Waals surface area contributed by atoms with E-state index in [1.165, 1.54) is 5.56 Å². The van der Waals surface area contributed by atoms with Gasteiger partial charge in [-0.1, -0.05) is 24.3 Å². The Morgan fingerprint density at radius 1 is 1.17 bits per heavy atom. The average Bonchev–Trinajstić information content (AvgIpc) is 3.04. The Bertz CT molecular complexity index is 798. The number of allylic oxidation sites excluding steroid dienone is 2. The number of nitrogens with one attached hydrogen (secondary N) is 1. The molecule has 4 rings (SSSR count). The van der Waals surface area contributed by atoms with E-state index in [0.717, 1.165) is 23.4 Å². The normalized spacial score (nSPS) is 24.6.